The number of hydrogen-bond acceptors (Lipinski definition) is 1. The second-order valence-electron chi connectivity index (χ2n) is 3.56. The second kappa shape index (κ2) is 6.93. The van der Waals surface area contributed by atoms with Crippen LogP contribution in [-0.4, -0.2) is 4.98 Å². The van der Waals surface area contributed by atoms with Gasteiger partial charge < -0.3 is 0 Å². The predicted octanol–water partition coefficient (Wildman–Crippen LogP) is 5.48. The average Bonchev–Trinajstić information content (AvgIpc) is 2.34. The third-order valence-corrected chi connectivity index (χ3v) is 3.48. The predicted molar refractivity (Wildman–Crippen MR) is 75.1 cm³/mol. The monoisotopic (exact) mass is 305 g/mol. The Hall–Kier alpha value is -0.830. The SMILES string of the molecule is Cc1c(Cl)ccnc1Cl.Cc1c(F)cccc1Cl. The Bertz CT molecular complexity index is 454. The fraction of sp³-hybridized carbons (Fsp3) is 0.154. The summed E-state index contributed by atoms with van der Waals surface area (Å²) in [4.78, 5) is 3.82. The molecular weight excluding hydrogens is 296 g/mol. The summed E-state index contributed by atoms with van der Waals surface area (Å²) in [7, 11) is 0. The van der Waals surface area contributed by atoms with E-state index in [1.54, 1.807) is 31.3 Å². The van der Waals surface area contributed by atoms with Crippen LogP contribution in [0.1, 0.15) is 11.1 Å². The number of benzene rings is 1. The lowest BCUT2D eigenvalue weighted by Crippen LogP contribution is -1.80. The first kappa shape index (κ1) is 15.2. The third-order valence-electron chi connectivity index (χ3n) is 2.28. The minimum absolute atomic E-state index is 0.248. The molecule has 0 bridgehead atoms. The van der Waals surface area contributed by atoms with Crippen LogP contribution in [0.2, 0.25) is 15.2 Å². The standard InChI is InChI=1S/C7H6ClF.C6H5Cl2N/c1-5-6(8)3-2-4-7(5)9;1-4-5(7)2-3-9-6(4)8/h2-4H,1H3;2-3H,1H3. The molecule has 5 heteroatoms. The van der Waals surface area contributed by atoms with Gasteiger partial charge >= 0.3 is 0 Å². The van der Waals surface area contributed by atoms with Gasteiger partial charge in [-0.05, 0) is 32.0 Å². The van der Waals surface area contributed by atoms with Gasteiger partial charge in [-0.2, -0.15) is 0 Å². The maximum absolute atomic E-state index is 12.5. The summed E-state index contributed by atoms with van der Waals surface area (Å²) in [6.07, 6.45) is 1.58. The Morgan fingerprint density at radius 1 is 0.944 bits per heavy atom. The first-order chi connectivity index (χ1) is 8.43. The van der Waals surface area contributed by atoms with Crippen molar-refractivity contribution in [1.82, 2.24) is 4.98 Å². The summed E-state index contributed by atoms with van der Waals surface area (Å²) < 4.78 is 12.5. The second-order valence-corrected chi connectivity index (χ2v) is 4.73. The van der Waals surface area contributed by atoms with Crippen LogP contribution in [-0.2, 0) is 0 Å². The van der Waals surface area contributed by atoms with Crippen LogP contribution in [0.15, 0.2) is 30.5 Å². The number of hydrogen-bond donors (Lipinski definition) is 0. The zero-order valence-electron chi connectivity index (χ0n) is 9.85. The van der Waals surface area contributed by atoms with Gasteiger partial charge in [0.15, 0.2) is 0 Å². The number of pyridine rings is 1. The van der Waals surface area contributed by atoms with Gasteiger partial charge in [-0.15, -0.1) is 0 Å². The van der Waals surface area contributed by atoms with Crippen molar-refractivity contribution < 1.29 is 4.39 Å². The molecule has 0 saturated carbocycles. The Kier molecular flexibility index (Phi) is 5.86. The average molecular weight is 307 g/mol. The molecule has 0 aliphatic rings. The van der Waals surface area contributed by atoms with Crippen molar-refractivity contribution in [3.63, 3.8) is 0 Å². The lowest BCUT2D eigenvalue weighted by atomic mass is 10.2. The highest BCUT2D eigenvalue weighted by atomic mass is 35.5. The fourth-order valence-electron chi connectivity index (χ4n) is 1.07. The molecule has 0 radical (unpaired) electrons. The van der Waals surface area contributed by atoms with Crippen molar-refractivity contribution in [2.24, 2.45) is 0 Å². The summed E-state index contributed by atoms with van der Waals surface area (Å²) in [5.41, 5.74) is 1.35. The van der Waals surface area contributed by atoms with E-state index in [0.29, 0.717) is 20.8 Å². The molecule has 2 rings (SSSR count). The van der Waals surface area contributed by atoms with E-state index < -0.39 is 0 Å². The van der Waals surface area contributed by atoms with Crippen molar-refractivity contribution in [3.8, 4) is 0 Å². The van der Waals surface area contributed by atoms with E-state index in [-0.39, 0.29) is 5.82 Å². The van der Waals surface area contributed by atoms with Crippen LogP contribution in [0, 0.1) is 19.7 Å². The smallest absolute Gasteiger partial charge is 0.133 e. The maximum atomic E-state index is 12.5. The first-order valence-corrected chi connectivity index (χ1v) is 6.24. The summed E-state index contributed by atoms with van der Waals surface area (Å²) in [6, 6.07) is 6.36. The molecular formula is C13H11Cl3FN. The molecule has 18 heavy (non-hydrogen) atoms. The van der Waals surface area contributed by atoms with Gasteiger partial charge in [0.25, 0.3) is 0 Å². The first-order valence-electron chi connectivity index (χ1n) is 5.10. The number of halogens is 4. The molecule has 0 unspecified atom stereocenters. The molecule has 1 aromatic carbocycles. The van der Waals surface area contributed by atoms with E-state index in [2.05, 4.69) is 4.98 Å². The molecule has 0 atom stereocenters. The molecule has 0 aliphatic heterocycles. The van der Waals surface area contributed by atoms with E-state index in [1.165, 1.54) is 6.07 Å². The van der Waals surface area contributed by atoms with Gasteiger partial charge in [-0.25, -0.2) is 9.37 Å². The third kappa shape index (κ3) is 4.13. The van der Waals surface area contributed by atoms with Gasteiger partial charge in [-0.1, -0.05) is 40.9 Å². The highest BCUT2D eigenvalue weighted by molar-refractivity contribution is 6.35. The lowest BCUT2D eigenvalue weighted by Gasteiger charge is -1.95. The highest BCUT2D eigenvalue weighted by Crippen LogP contribution is 2.19. The van der Waals surface area contributed by atoms with Crippen LogP contribution in [0.3, 0.4) is 0 Å². The minimum atomic E-state index is -0.248. The van der Waals surface area contributed by atoms with Gasteiger partial charge in [-0.3, -0.25) is 0 Å². The molecule has 1 heterocycles. The molecule has 1 aromatic heterocycles. The summed E-state index contributed by atoms with van der Waals surface area (Å²) in [5, 5.41) is 1.62. The zero-order chi connectivity index (χ0) is 13.7. The zero-order valence-corrected chi connectivity index (χ0v) is 12.1. The Morgan fingerprint density at radius 2 is 1.56 bits per heavy atom. The van der Waals surface area contributed by atoms with Crippen molar-refractivity contribution in [2.75, 3.05) is 0 Å². The Balaban J connectivity index is 0.000000180. The molecule has 2 aromatic rings. The number of rotatable bonds is 0. The number of aromatic nitrogens is 1. The number of nitrogens with zero attached hydrogens (tertiary/aromatic N) is 1. The van der Waals surface area contributed by atoms with E-state index >= 15 is 0 Å². The summed E-state index contributed by atoms with van der Waals surface area (Å²) in [6.45, 7) is 3.48. The van der Waals surface area contributed by atoms with Gasteiger partial charge in [0.2, 0.25) is 0 Å². The highest BCUT2D eigenvalue weighted by Gasteiger charge is 1.98. The summed E-state index contributed by atoms with van der Waals surface area (Å²) >= 11 is 16.9. The molecule has 0 amide bonds. The van der Waals surface area contributed by atoms with Gasteiger partial charge in [0.05, 0.1) is 0 Å². The van der Waals surface area contributed by atoms with Crippen LogP contribution in [0.4, 0.5) is 4.39 Å². The molecule has 0 spiro atoms. The van der Waals surface area contributed by atoms with Crippen LogP contribution >= 0.6 is 34.8 Å². The van der Waals surface area contributed by atoms with Gasteiger partial charge in [0.1, 0.15) is 11.0 Å². The Labute approximate surface area is 121 Å². The van der Waals surface area contributed by atoms with E-state index in [0.717, 1.165) is 5.56 Å². The quantitative estimate of drug-likeness (QED) is 0.587. The summed E-state index contributed by atoms with van der Waals surface area (Å²) in [5.74, 6) is -0.248. The molecule has 0 aliphatic carbocycles. The minimum Gasteiger partial charge on any atom is -0.244 e. The van der Waals surface area contributed by atoms with E-state index in [1.807, 2.05) is 6.92 Å². The normalized spacial score (nSPS) is 9.67. The van der Waals surface area contributed by atoms with Crippen molar-refractivity contribution >= 4 is 34.8 Å². The van der Waals surface area contributed by atoms with E-state index in [4.69, 9.17) is 34.8 Å². The molecule has 0 fully saturated rings. The lowest BCUT2D eigenvalue weighted by molar-refractivity contribution is 0.618. The topological polar surface area (TPSA) is 12.9 Å². The van der Waals surface area contributed by atoms with Crippen LogP contribution in [0.25, 0.3) is 0 Å². The van der Waals surface area contributed by atoms with Crippen molar-refractivity contribution in [2.45, 2.75) is 13.8 Å². The largest absolute Gasteiger partial charge is 0.244 e. The van der Waals surface area contributed by atoms with Crippen LogP contribution < -0.4 is 0 Å². The molecule has 96 valence electrons. The van der Waals surface area contributed by atoms with Gasteiger partial charge in [0, 0.05) is 27.4 Å². The fourth-order valence-corrected chi connectivity index (χ4v) is 1.59. The maximum Gasteiger partial charge on any atom is 0.133 e. The van der Waals surface area contributed by atoms with Crippen molar-refractivity contribution in [1.29, 1.82) is 0 Å². The molecule has 0 saturated heterocycles. The van der Waals surface area contributed by atoms with Crippen molar-refractivity contribution in [3.05, 3.63) is 62.6 Å². The molecule has 0 N–H and O–H groups in total. The van der Waals surface area contributed by atoms with Crippen LogP contribution in [0.5, 0.6) is 0 Å². The molecule has 1 nitrogen and oxygen atoms in total. The van der Waals surface area contributed by atoms with E-state index in [9.17, 15) is 4.39 Å². The Morgan fingerprint density at radius 3 is 2.00 bits per heavy atom.